The molecule has 0 heterocycles. The lowest BCUT2D eigenvalue weighted by molar-refractivity contribution is -0.0514. The highest BCUT2D eigenvalue weighted by Crippen LogP contribution is 2.14. The van der Waals surface area contributed by atoms with Crippen molar-refractivity contribution >= 4 is 0 Å². The molecule has 0 aliphatic carbocycles. The Morgan fingerprint density at radius 1 is 1.23 bits per heavy atom. The summed E-state index contributed by atoms with van der Waals surface area (Å²) < 4.78 is 5.53. The second-order valence-corrected chi connectivity index (χ2v) is 4.25. The van der Waals surface area contributed by atoms with Crippen molar-refractivity contribution in [1.82, 2.24) is 0 Å². The van der Waals surface area contributed by atoms with Crippen molar-refractivity contribution in [1.29, 1.82) is 0 Å². The Morgan fingerprint density at radius 3 is 2.15 bits per heavy atom. The van der Waals surface area contributed by atoms with Crippen molar-refractivity contribution in [3.63, 3.8) is 0 Å². The summed E-state index contributed by atoms with van der Waals surface area (Å²) in [6, 6.07) is 0. The zero-order chi connectivity index (χ0) is 10.5. The first-order valence-electron chi connectivity index (χ1n) is 4.62. The standard InChI is InChI=1S/C9H22N2O2/c1-8(2,4-6-10)13-7-5-9(3,11)12/h12H,4-7,10-11H2,1-3H3. The fourth-order valence-electron chi connectivity index (χ4n) is 0.954. The lowest BCUT2D eigenvalue weighted by atomic mass is 10.1. The van der Waals surface area contributed by atoms with E-state index in [1.807, 2.05) is 13.8 Å². The SMILES string of the molecule is CC(N)(O)CCOC(C)(C)CCN. The molecule has 4 heteroatoms. The molecule has 0 rings (SSSR count). The summed E-state index contributed by atoms with van der Waals surface area (Å²) in [6.07, 6.45) is 1.24. The number of hydrogen-bond acceptors (Lipinski definition) is 4. The molecule has 0 radical (unpaired) electrons. The van der Waals surface area contributed by atoms with Crippen LogP contribution in [0.1, 0.15) is 33.6 Å². The molecule has 0 spiro atoms. The zero-order valence-corrected chi connectivity index (χ0v) is 8.84. The average Bonchev–Trinajstić information content (AvgIpc) is 1.82. The maximum Gasteiger partial charge on any atom is 0.112 e. The third kappa shape index (κ3) is 8.18. The Kier molecular flexibility index (Phi) is 4.85. The summed E-state index contributed by atoms with van der Waals surface area (Å²) >= 11 is 0. The number of hydrogen-bond donors (Lipinski definition) is 3. The predicted octanol–water partition coefficient (Wildman–Crippen LogP) is 0.188. The smallest absolute Gasteiger partial charge is 0.112 e. The molecule has 5 N–H and O–H groups in total. The Balaban J connectivity index is 3.63. The van der Waals surface area contributed by atoms with E-state index >= 15 is 0 Å². The van der Waals surface area contributed by atoms with Crippen LogP contribution >= 0.6 is 0 Å². The van der Waals surface area contributed by atoms with Gasteiger partial charge in [-0.05, 0) is 33.7 Å². The van der Waals surface area contributed by atoms with E-state index in [4.69, 9.17) is 16.2 Å². The Labute approximate surface area is 80.2 Å². The van der Waals surface area contributed by atoms with Gasteiger partial charge >= 0.3 is 0 Å². The van der Waals surface area contributed by atoms with Gasteiger partial charge < -0.3 is 21.3 Å². The molecule has 13 heavy (non-hydrogen) atoms. The zero-order valence-electron chi connectivity index (χ0n) is 8.84. The van der Waals surface area contributed by atoms with Crippen LogP contribution in [0.25, 0.3) is 0 Å². The highest BCUT2D eigenvalue weighted by molar-refractivity contribution is 4.70. The number of rotatable bonds is 6. The van der Waals surface area contributed by atoms with Gasteiger partial charge in [0, 0.05) is 6.42 Å². The van der Waals surface area contributed by atoms with Crippen LogP contribution in [0.5, 0.6) is 0 Å². The molecule has 0 aliphatic rings. The minimum absolute atomic E-state index is 0.222. The topological polar surface area (TPSA) is 81.5 Å². The van der Waals surface area contributed by atoms with Gasteiger partial charge in [-0.1, -0.05) is 0 Å². The Morgan fingerprint density at radius 2 is 1.77 bits per heavy atom. The minimum atomic E-state index is -1.14. The minimum Gasteiger partial charge on any atom is -0.376 e. The monoisotopic (exact) mass is 190 g/mol. The van der Waals surface area contributed by atoms with E-state index in [9.17, 15) is 5.11 Å². The van der Waals surface area contributed by atoms with Gasteiger partial charge in [-0.2, -0.15) is 0 Å². The molecule has 1 unspecified atom stereocenters. The van der Waals surface area contributed by atoms with Crippen molar-refractivity contribution in [2.45, 2.75) is 44.9 Å². The third-order valence-corrected chi connectivity index (χ3v) is 1.85. The van der Waals surface area contributed by atoms with E-state index in [-0.39, 0.29) is 5.60 Å². The third-order valence-electron chi connectivity index (χ3n) is 1.85. The number of nitrogens with two attached hydrogens (primary N) is 2. The summed E-state index contributed by atoms with van der Waals surface area (Å²) in [5.74, 6) is 0. The van der Waals surface area contributed by atoms with Crippen molar-refractivity contribution in [2.75, 3.05) is 13.2 Å². The second-order valence-electron chi connectivity index (χ2n) is 4.25. The van der Waals surface area contributed by atoms with E-state index in [0.29, 0.717) is 19.6 Å². The molecule has 0 aromatic rings. The van der Waals surface area contributed by atoms with Crippen molar-refractivity contribution < 1.29 is 9.84 Å². The lowest BCUT2D eigenvalue weighted by Gasteiger charge is -2.26. The molecular formula is C9H22N2O2. The fourth-order valence-corrected chi connectivity index (χ4v) is 0.954. The summed E-state index contributed by atoms with van der Waals surface area (Å²) in [5, 5.41) is 9.22. The predicted molar refractivity (Wildman–Crippen MR) is 53.1 cm³/mol. The molecule has 0 saturated carbocycles. The van der Waals surface area contributed by atoms with E-state index in [1.165, 1.54) is 0 Å². The molecule has 0 saturated heterocycles. The second kappa shape index (κ2) is 4.91. The molecule has 0 aromatic heterocycles. The fraction of sp³-hybridized carbons (Fsp3) is 1.00. The normalized spacial score (nSPS) is 17.1. The molecule has 80 valence electrons. The van der Waals surface area contributed by atoms with E-state index < -0.39 is 5.72 Å². The molecule has 0 aliphatic heterocycles. The van der Waals surface area contributed by atoms with Gasteiger partial charge in [0.25, 0.3) is 0 Å². The summed E-state index contributed by atoms with van der Waals surface area (Å²) in [4.78, 5) is 0. The molecule has 0 bridgehead atoms. The maximum atomic E-state index is 9.22. The molecule has 0 aromatic carbocycles. The molecule has 0 fully saturated rings. The molecule has 1 atom stereocenters. The van der Waals surface area contributed by atoms with Gasteiger partial charge in [0.1, 0.15) is 5.72 Å². The van der Waals surface area contributed by atoms with Crippen LogP contribution in [0.4, 0.5) is 0 Å². The van der Waals surface area contributed by atoms with Crippen LogP contribution in [0.15, 0.2) is 0 Å². The molecule has 4 nitrogen and oxygen atoms in total. The Bertz CT molecular complexity index is 141. The highest BCUT2D eigenvalue weighted by atomic mass is 16.5. The summed E-state index contributed by atoms with van der Waals surface area (Å²) in [6.45, 7) is 6.57. The highest BCUT2D eigenvalue weighted by Gasteiger charge is 2.19. The van der Waals surface area contributed by atoms with Crippen LogP contribution in [-0.4, -0.2) is 29.6 Å². The van der Waals surface area contributed by atoms with Crippen LogP contribution < -0.4 is 11.5 Å². The van der Waals surface area contributed by atoms with Crippen LogP contribution in [0.2, 0.25) is 0 Å². The number of ether oxygens (including phenoxy) is 1. The summed E-state index contributed by atoms with van der Waals surface area (Å²) in [5.41, 5.74) is 9.45. The number of aliphatic hydroxyl groups is 1. The first kappa shape index (κ1) is 12.8. The van der Waals surface area contributed by atoms with E-state index in [2.05, 4.69) is 0 Å². The Hall–Kier alpha value is -0.160. The van der Waals surface area contributed by atoms with Crippen LogP contribution in [-0.2, 0) is 4.74 Å². The average molecular weight is 190 g/mol. The molecule has 0 amide bonds. The lowest BCUT2D eigenvalue weighted by Crippen LogP contribution is -2.38. The summed E-state index contributed by atoms with van der Waals surface area (Å²) in [7, 11) is 0. The van der Waals surface area contributed by atoms with Gasteiger partial charge in [-0.25, -0.2) is 0 Å². The van der Waals surface area contributed by atoms with Gasteiger partial charge in [-0.15, -0.1) is 0 Å². The van der Waals surface area contributed by atoms with Crippen molar-refractivity contribution in [3.8, 4) is 0 Å². The van der Waals surface area contributed by atoms with E-state index in [0.717, 1.165) is 6.42 Å². The first-order valence-corrected chi connectivity index (χ1v) is 4.62. The first-order chi connectivity index (χ1) is 5.77. The van der Waals surface area contributed by atoms with Crippen molar-refractivity contribution in [3.05, 3.63) is 0 Å². The maximum absolute atomic E-state index is 9.22. The van der Waals surface area contributed by atoms with Gasteiger partial charge in [-0.3, -0.25) is 0 Å². The van der Waals surface area contributed by atoms with Crippen LogP contribution in [0.3, 0.4) is 0 Å². The van der Waals surface area contributed by atoms with Gasteiger partial charge in [0.05, 0.1) is 12.2 Å². The van der Waals surface area contributed by atoms with E-state index in [1.54, 1.807) is 6.92 Å². The van der Waals surface area contributed by atoms with Crippen molar-refractivity contribution in [2.24, 2.45) is 11.5 Å². The van der Waals surface area contributed by atoms with Gasteiger partial charge in [0.15, 0.2) is 0 Å². The van der Waals surface area contributed by atoms with Gasteiger partial charge in [0.2, 0.25) is 0 Å². The largest absolute Gasteiger partial charge is 0.376 e. The molecular weight excluding hydrogens is 168 g/mol. The van der Waals surface area contributed by atoms with Crippen LogP contribution in [0, 0.1) is 0 Å². The quantitative estimate of drug-likeness (QED) is 0.522.